The normalized spacial score (nSPS) is 26.8. The summed E-state index contributed by atoms with van der Waals surface area (Å²) in [6.45, 7) is 7.12. The van der Waals surface area contributed by atoms with E-state index < -0.39 is 0 Å². The largest absolute Gasteiger partial charge is 0.392 e. The van der Waals surface area contributed by atoms with E-state index in [4.69, 9.17) is 0 Å². The molecule has 1 N–H and O–H groups in total. The predicted molar refractivity (Wildman–Crippen MR) is 84.6 cm³/mol. The van der Waals surface area contributed by atoms with E-state index in [0.29, 0.717) is 0 Å². The fourth-order valence-corrected chi connectivity index (χ4v) is 3.53. The number of rotatable bonds is 4. The Balaban J connectivity index is 2.04. The number of aliphatic hydroxyl groups is 1. The molecular weight excluding hydrogens is 265 g/mol. The van der Waals surface area contributed by atoms with Gasteiger partial charge in [0.05, 0.1) is 6.10 Å². The molecule has 2 nitrogen and oxygen atoms in total. The van der Waals surface area contributed by atoms with Gasteiger partial charge in [-0.1, -0.05) is 38.5 Å². The van der Waals surface area contributed by atoms with Crippen LogP contribution in [0.4, 0.5) is 4.39 Å². The molecule has 0 amide bonds. The van der Waals surface area contributed by atoms with E-state index in [9.17, 15) is 9.50 Å². The topological polar surface area (TPSA) is 23.5 Å². The molecule has 3 unspecified atom stereocenters. The van der Waals surface area contributed by atoms with Crippen molar-refractivity contribution in [2.45, 2.75) is 52.2 Å². The fraction of sp³-hybridized carbons (Fsp3) is 0.667. The van der Waals surface area contributed by atoms with Gasteiger partial charge in [-0.2, -0.15) is 0 Å². The molecule has 0 spiro atoms. The number of halogens is 1. The molecule has 0 saturated heterocycles. The van der Waals surface area contributed by atoms with Crippen LogP contribution >= 0.6 is 0 Å². The molecule has 2 rings (SSSR count). The summed E-state index contributed by atoms with van der Waals surface area (Å²) < 4.78 is 13.9. The van der Waals surface area contributed by atoms with Gasteiger partial charge in [0.25, 0.3) is 0 Å². The highest BCUT2D eigenvalue weighted by atomic mass is 19.1. The highest BCUT2D eigenvalue weighted by Crippen LogP contribution is 2.39. The van der Waals surface area contributed by atoms with E-state index in [1.54, 1.807) is 6.07 Å². The minimum Gasteiger partial charge on any atom is -0.392 e. The van der Waals surface area contributed by atoms with Crippen molar-refractivity contribution in [2.24, 2.45) is 11.3 Å². The maximum absolute atomic E-state index is 13.9. The van der Waals surface area contributed by atoms with Crippen LogP contribution in [0.25, 0.3) is 0 Å². The van der Waals surface area contributed by atoms with Crippen LogP contribution in [0.5, 0.6) is 0 Å². The second-order valence-corrected chi connectivity index (χ2v) is 7.22. The molecule has 3 heteroatoms. The first-order valence-corrected chi connectivity index (χ1v) is 7.95. The number of nitrogens with zero attached hydrogens (tertiary/aromatic N) is 1. The van der Waals surface area contributed by atoms with E-state index in [-0.39, 0.29) is 29.3 Å². The molecule has 1 aromatic carbocycles. The summed E-state index contributed by atoms with van der Waals surface area (Å²) in [5.41, 5.74) is 0.718. The molecule has 1 aliphatic carbocycles. The third-order valence-electron chi connectivity index (χ3n) is 5.18. The van der Waals surface area contributed by atoms with E-state index >= 15 is 0 Å². The fourth-order valence-electron chi connectivity index (χ4n) is 3.53. The van der Waals surface area contributed by atoms with Gasteiger partial charge < -0.3 is 5.11 Å². The minimum atomic E-state index is -0.276. The standard InChI is InChI=1S/C18H28FNO/c1-13(15-9-5-6-10-16(15)19)20(4)12-14-8-7-11-18(2,3)17(14)21/h5-6,9-10,13-14,17,21H,7-8,11-12H2,1-4H3. The van der Waals surface area contributed by atoms with Gasteiger partial charge in [-0.25, -0.2) is 4.39 Å². The first-order valence-electron chi connectivity index (χ1n) is 7.95. The molecule has 0 aliphatic heterocycles. The SMILES string of the molecule is CC(c1ccccc1F)N(C)CC1CCCC(C)(C)C1O. The first-order chi connectivity index (χ1) is 9.83. The molecule has 0 radical (unpaired) electrons. The molecule has 1 fully saturated rings. The zero-order chi connectivity index (χ0) is 15.6. The molecule has 0 bridgehead atoms. The third-order valence-corrected chi connectivity index (χ3v) is 5.18. The summed E-state index contributed by atoms with van der Waals surface area (Å²) >= 11 is 0. The first kappa shape index (κ1) is 16.4. The van der Waals surface area contributed by atoms with Crippen LogP contribution in [0.15, 0.2) is 24.3 Å². The average Bonchev–Trinajstić information content (AvgIpc) is 2.43. The molecule has 21 heavy (non-hydrogen) atoms. The number of hydrogen-bond donors (Lipinski definition) is 1. The summed E-state index contributed by atoms with van der Waals surface area (Å²) in [5, 5.41) is 10.6. The van der Waals surface area contributed by atoms with Crippen LogP contribution in [0.1, 0.15) is 51.6 Å². The van der Waals surface area contributed by atoms with Crippen molar-refractivity contribution in [2.75, 3.05) is 13.6 Å². The van der Waals surface area contributed by atoms with Gasteiger partial charge in [0, 0.05) is 18.2 Å². The van der Waals surface area contributed by atoms with E-state index in [0.717, 1.165) is 31.4 Å². The van der Waals surface area contributed by atoms with Gasteiger partial charge in [-0.3, -0.25) is 4.90 Å². The van der Waals surface area contributed by atoms with Crippen molar-refractivity contribution in [3.63, 3.8) is 0 Å². The zero-order valence-corrected chi connectivity index (χ0v) is 13.6. The highest BCUT2D eigenvalue weighted by Gasteiger charge is 2.38. The van der Waals surface area contributed by atoms with Gasteiger partial charge in [-0.15, -0.1) is 0 Å². The van der Waals surface area contributed by atoms with Gasteiger partial charge in [-0.05, 0) is 44.2 Å². The van der Waals surface area contributed by atoms with E-state index in [1.807, 2.05) is 26.1 Å². The lowest BCUT2D eigenvalue weighted by Gasteiger charge is -2.43. The molecule has 3 atom stereocenters. The van der Waals surface area contributed by atoms with Crippen molar-refractivity contribution < 1.29 is 9.50 Å². The van der Waals surface area contributed by atoms with Crippen molar-refractivity contribution >= 4 is 0 Å². The molecule has 118 valence electrons. The Morgan fingerprint density at radius 1 is 1.38 bits per heavy atom. The van der Waals surface area contributed by atoms with Crippen molar-refractivity contribution in [3.05, 3.63) is 35.6 Å². The van der Waals surface area contributed by atoms with E-state index in [2.05, 4.69) is 18.7 Å². The molecular formula is C18H28FNO. The Morgan fingerprint density at radius 2 is 2.05 bits per heavy atom. The summed E-state index contributed by atoms with van der Waals surface area (Å²) in [6.07, 6.45) is 3.02. The second-order valence-electron chi connectivity index (χ2n) is 7.22. The lowest BCUT2D eigenvalue weighted by Crippen LogP contribution is -2.44. The highest BCUT2D eigenvalue weighted by molar-refractivity contribution is 5.20. The molecule has 0 aromatic heterocycles. The van der Waals surface area contributed by atoms with Crippen LogP contribution in [0, 0.1) is 17.2 Å². The Hall–Kier alpha value is -0.930. The molecule has 1 saturated carbocycles. The Labute approximate surface area is 128 Å². The van der Waals surface area contributed by atoms with Crippen molar-refractivity contribution in [3.8, 4) is 0 Å². The summed E-state index contributed by atoms with van der Waals surface area (Å²) in [7, 11) is 2.02. The summed E-state index contributed by atoms with van der Waals surface area (Å²) in [5.74, 6) is 0.120. The Bertz CT molecular complexity index is 474. The van der Waals surface area contributed by atoms with E-state index in [1.165, 1.54) is 6.07 Å². The smallest absolute Gasteiger partial charge is 0.127 e. The van der Waals surface area contributed by atoms with Gasteiger partial charge in [0.2, 0.25) is 0 Å². The summed E-state index contributed by atoms with van der Waals surface area (Å²) in [4.78, 5) is 2.16. The van der Waals surface area contributed by atoms with Crippen LogP contribution in [0.3, 0.4) is 0 Å². The maximum Gasteiger partial charge on any atom is 0.127 e. The van der Waals surface area contributed by atoms with Crippen LogP contribution in [-0.4, -0.2) is 29.7 Å². The molecule has 1 aromatic rings. The Kier molecular flexibility index (Phi) is 5.05. The summed E-state index contributed by atoms with van der Waals surface area (Å²) in [6, 6.07) is 6.97. The second kappa shape index (κ2) is 6.45. The van der Waals surface area contributed by atoms with Gasteiger partial charge in [0.1, 0.15) is 5.82 Å². The molecule has 0 heterocycles. The molecule has 1 aliphatic rings. The predicted octanol–water partition coefficient (Wildman–Crippen LogP) is 4.01. The monoisotopic (exact) mass is 293 g/mol. The third kappa shape index (κ3) is 3.64. The lowest BCUT2D eigenvalue weighted by atomic mass is 9.69. The lowest BCUT2D eigenvalue weighted by molar-refractivity contribution is -0.0437. The van der Waals surface area contributed by atoms with Crippen molar-refractivity contribution in [1.29, 1.82) is 0 Å². The zero-order valence-electron chi connectivity index (χ0n) is 13.6. The van der Waals surface area contributed by atoms with Crippen LogP contribution in [-0.2, 0) is 0 Å². The van der Waals surface area contributed by atoms with Gasteiger partial charge >= 0.3 is 0 Å². The quantitative estimate of drug-likeness (QED) is 0.907. The van der Waals surface area contributed by atoms with Gasteiger partial charge in [0.15, 0.2) is 0 Å². The Morgan fingerprint density at radius 3 is 2.71 bits per heavy atom. The minimum absolute atomic E-state index is 0.00894. The van der Waals surface area contributed by atoms with Crippen LogP contribution in [0.2, 0.25) is 0 Å². The number of aliphatic hydroxyl groups excluding tert-OH is 1. The van der Waals surface area contributed by atoms with Crippen LogP contribution < -0.4 is 0 Å². The van der Waals surface area contributed by atoms with Crippen molar-refractivity contribution in [1.82, 2.24) is 4.90 Å². The average molecular weight is 293 g/mol. The number of hydrogen-bond acceptors (Lipinski definition) is 2. The maximum atomic E-state index is 13.9. The number of benzene rings is 1.